The molecule has 1 N–H and O–H groups in total. The highest BCUT2D eigenvalue weighted by Gasteiger charge is 2.04. The van der Waals surface area contributed by atoms with Crippen molar-refractivity contribution in [3.8, 4) is 6.07 Å². The Bertz CT molecular complexity index is 339. The SMILES string of the molecule is CCCC(CC)Nc1cccc(C#N)c1. The summed E-state index contributed by atoms with van der Waals surface area (Å²) in [5.41, 5.74) is 1.76. The van der Waals surface area contributed by atoms with Gasteiger partial charge >= 0.3 is 0 Å². The zero-order chi connectivity index (χ0) is 11.1. The number of anilines is 1. The van der Waals surface area contributed by atoms with Gasteiger partial charge in [-0.1, -0.05) is 26.3 Å². The molecule has 0 aromatic heterocycles. The molecule has 15 heavy (non-hydrogen) atoms. The van der Waals surface area contributed by atoms with Gasteiger partial charge in [-0.2, -0.15) is 5.26 Å². The third-order valence-corrected chi connectivity index (χ3v) is 2.49. The Kier molecular flexibility index (Phi) is 4.70. The van der Waals surface area contributed by atoms with Crippen LogP contribution in [-0.4, -0.2) is 6.04 Å². The number of hydrogen-bond donors (Lipinski definition) is 1. The highest BCUT2D eigenvalue weighted by Crippen LogP contribution is 2.14. The summed E-state index contributed by atoms with van der Waals surface area (Å²) in [6.07, 6.45) is 3.47. The molecule has 0 aliphatic heterocycles. The second-order valence-corrected chi connectivity index (χ2v) is 3.73. The lowest BCUT2D eigenvalue weighted by molar-refractivity contribution is 0.623. The topological polar surface area (TPSA) is 35.8 Å². The van der Waals surface area contributed by atoms with Crippen molar-refractivity contribution in [1.82, 2.24) is 0 Å². The number of hydrogen-bond acceptors (Lipinski definition) is 2. The third-order valence-electron chi connectivity index (χ3n) is 2.49. The van der Waals surface area contributed by atoms with Gasteiger partial charge in [-0.3, -0.25) is 0 Å². The molecule has 0 radical (unpaired) electrons. The summed E-state index contributed by atoms with van der Waals surface area (Å²) in [5.74, 6) is 0. The molecule has 2 nitrogen and oxygen atoms in total. The van der Waals surface area contributed by atoms with Crippen LogP contribution in [0.15, 0.2) is 24.3 Å². The Hall–Kier alpha value is -1.49. The quantitative estimate of drug-likeness (QED) is 0.792. The maximum Gasteiger partial charge on any atom is 0.0992 e. The summed E-state index contributed by atoms with van der Waals surface area (Å²) in [7, 11) is 0. The van der Waals surface area contributed by atoms with Crippen LogP contribution in [0.2, 0.25) is 0 Å². The van der Waals surface area contributed by atoms with Gasteiger partial charge in [0, 0.05) is 11.7 Å². The Balaban J connectivity index is 2.66. The first-order valence-electron chi connectivity index (χ1n) is 5.56. The fourth-order valence-electron chi connectivity index (χ4n) is 1.64. The Labute approximate surface area is 91.9 Å². The molecule has 0 aliphatic rings. The smallest absolute Gasteiger partial charge is 0.0992 e. The van der Waals surface area contributed by atoms with Crippen LogP contribution in [-0.2, 0) is 0 Å². The first-order valence-corrected chi connectivity index (χ1v) is 5.56. The van der Waals surface area contributed by atoms with E-state index >= 15 is 0 Å². The minimum atomic E-state index is 0.518. The highest BCUT2D eigenvalue weighted by atomic mass is 14.9. The van der Waals surface area contributed by atoms with E-state index in [1.807, 2.05) is 24.3 Å². The van der Waals surface area contributed by atoms with E-state index < -0.39 is 0 Å². The van der Waals surface area contributed by atoms with Gasteiger partial charge in [0.2, 0.25) is 0 Å². The fourth-order valence-corrected chi connectivity index (χ4v) is 1.64. The summed E-state index contributed by atoms with van der Waals surface area (Å²) in [5, 5.41) is 12.2. The van der Waals surface area contributed by atoms with Crippen molar-refractivity contribution in [2.75, 3.05) is 5.32 Å². The minimum absolute atomic E-state index is 0.518. The number of benzene rings is 1. The Morgan fingerprint density at radius 3 is 2.80 bits per heavy atom. The van der Waals surface area contributed by atoms with Crippen molar-refractivity contribution in [3.05, 3.63) is 29.8 Å². The molecular weight excluding hydrogens is 184 g/mol. The average Bonchev–Trinajstić information content (AvgIpc) is 2.29. The Morgan fingerprint density at radius 2 is 2.20 bits per heavy atom. The van der Waals surface area contributed by atoms with Gasteiger partial charge in [-0.15, -0.1) is 0 Å². The molecule has 0 heterocycles. The van der Waals surface area contributed by atoms with E-state index in [0.717, 1.165) is 12.1 Å². The van der Waals surface area contributed by atoms with Crippen LogP contribution in [0, 0.1) is 11.3 Å². The molecule has 1 aromatic carbocycles. The zero-order valence-corrected chi connectivity index (χ0v) is 9.46. The minimum Gasteiger partial charge on any atom is -0.382 e. The molecule has 1 rings (SSSR count). The second kappa shape index (κ2) is 6.08. The molecule has 1 unspecified atom stereocenters. The van der Waals surface area contributed by atoms with E-state index in [9.17, 15) is 0 Å². The van der Waals surface area contributed by atoms with E-state index in [4.69, 9.17) is 5.26 Å². The van der Waals surface area contributed by atoms with Crippen molar-refractivity contribution in [3.63, 3.8) is 0 Å². The van der Waals surface area contributed by atoms with Crippen LogP contribution in [0.1, 0.15) is 38.7 Å². The molecule has 80 valence electrons. The van der Waals surface area contributed by atoms with Gasteiger partial charge in [0.25, 0.3) is 0 Å². The second-order valence-electron chi connectivity index (χ2n) is 3.73. The number of nitriles is 1. The molecule has 0 fully saturated rings. The van der Waals surface area contributed by atoms with E-state index in [2.05, 4.69) is 25.2 Å². The molecule has 1 aromatic rings. The van der Waals surface area contributed by atoms with Crippen molar-refractivity contribution < 1.29 is 0 Å². The maximum absolute atomic E-state index is 8.78. The average molecular weight is 202 g/mol. The van der Waals surface area contributed by atoms with Crippen LogP contribution in [0.4, 0.5) is 5.69 Å². The van der Waals surface area contributed by atoms with E-state index in [1.165, 1.54) is 12.8 Å². The van der Waals surface area contributed by atoms with E-state index in [1.54, 1.807) is 0 Å². The maximum atomic E-state index is 8.78. The van der Waals surface area contributed by atoms with Gasteiger partial charge in [-0.25, -0.2) is 0 Å². The lowest BCUT2D eigenvalue weighted by atomic mass is 10.1. The summed E-state index contributed by atoms with van der Waals surface area (Å²) >= 11 is 0. The van der Waals surface area contributed by atoms with E-state index in [-0.39, 0.29) is 0 Å². The molecule has 0 amide bonds. The zero-order valence-electron chi connectivity index (χ0n) is 9.46. The predicted molar refractivity (Wildman–Crippen MR) is 63.8 cm³/mol. The molecule has 0 saturated heterocycles. The van der Waals surface area contributed by atoms with Crippen molar-refractivity contribution in [2.45, 2.75) is 39.2 Å². The Morgan fingerprint density at radius 1 is 1.40 bits per heavy atom. The summed E-state index contributed by atoms with van der Waals surface area (Å²) in [6, 6.07) is 10.3. The van der Waals surface area contributed by atoms with Crippen LogP contribution in [0.3, 0.4) is 0 Å². The van der Waals surface area contributed by atoms with Crippen LogP contribution >= 0.6 is 0 Å². The predicted octanol–water partition coefficient (Wildman–Crippen LogP) is 3.55. The standard InChI is InChI=1S/C13H18N2/c1-3-6-12(4-2)15-13-8-5-7-11(9-13)10-14/h5,7-9,12,15H,3-4,6H2,1-2H3. The molecule has 0 spiro atoms. The lowest BCUT2D eigenvalue weighted by Gasteiger charge is -2.17. The first-order chi connectivity index (χ1) is 7.30. The number of nitrogens with one attached hydrogen (secondary N) is 1. The van der Waals surface area contributed by atoms with Gasteiger partial charge < -0.3 is 5.32 Å². The normalized spacial score (nSPS) is 11.8. The molecular formula is C13H18N2. The summed E-state index contributed by atoms with van der Waals surface area (Å²) < 4.78 is 0. The van der Waals surface area contributed by atoms with Crippen LogP contribution in [0.5, 0.6) is 0 Å². The molecule has 0 saturated carbocycles. The van der Waals surface area contributed by atoms with Gasteiger partial charge in [-0.05, 0) is 31.0 Å². The fraction of sp³-hybridized carbons (Fsp3) is 0.462. The number of rotatable bonds is 5. The first kappa shape index (κ1) is 11.6. The van der Waals surface area contributed by atoms with Crippen LogP contribution < -0.4 is 5.32 Å². The molecule has 1 atom stereocenters. The van der Waals surface area contributed by atoms with Gasteiger partial charge in [0.1, 0.15) is 0 Å². The monoisotopic (exact) mass is 202 g/mol. The van der Waals surface area contributed by atoms with E-state index in [0.29, 0.717) is 11.6 Å². The molecule has 0 aliphatic carbocycles. The van der Waals surface area contributed by atoms with Crippen molar-refractivity contribution >= 4 is 5.69 Å². The molecule has 2 heteroatoms. The van der Waals surface area contributed by atoms with Gasteiger partial charge in [0.05, 0.1) is 11.6 Å². The number of nitrogens with zero attached hydrogens (tertiary/aromatic N) is 1. The van der Waals surface area contributed by atoms with Crippen molar-refractivity contribution in [2.24, 2.45) is 0 Å². The van der Waals surface area contributed by atoms with Crippen LogP contribution in [0.25, 0.3) is 0 Å². The van der Waals surface area contributed by atoms with Gasteiger partial charge in [0.15, 0.2) is 0 Å². The lowest BCUT2D eigenvalue weighted by Crippen LogP contribution is -2.17. The molecule has 0 bridgehead atoms. The summed E-state index contributed by atoms with van der Waals surface area (Å²) in [4.78, 5) is 0. The summed E-state index contributed by atoms with van der Waals surface area (Å²) in [6.45, 7) is 4.37. The largest absolute Gasteiger partial charge is 0.382 e. The van der Waals surface area contributed by atoms with Crippen molar-refractivity contribution in [1.29, 1.82) is 5.26 Å². The third kappa shape index (κ3) is 3.63. The highest BCUT2D eigenvalue weighted by molar-refractivity contribution is 5.49.